The molecule has 1 atom stereocenters. The van der Waals surface area contributed by atoms with E-state index in [1.54, 1.807) is 0 Å². The zero-order valence-corrected chi connectivity index (χ0v) is 6.70. The Hall–Kier alpha value is -1.09. The molecule has 0 fully saturated rings. The van der Waals surface area contributed by atoms with Gasteiger partial charge in [0.25, 0.3) is 0 Å². The van der Waals surface area contributed by atoms with Gasteiger partial charge in [-0.25, -0.2) is 10.4 Å². The fourth-order valence-electron chi connectivity index (χ4n) is 1.27. The minimum absolute atomic E-state index is 0.407. The van der Waals surface area contributed by atoms with E-state index >= 15 is 0 Å². The first-order chi connectivity index (χ1) is 5.29. The average molecular weight is 149 g/mol. The summed E-state index contributed by atoms with van der Waals surface area (Å²) in [5.74, 6) is 1.04. The molecular weight excluding hydrogens is 138 g/mol. The maximum atomic E-state index is 4.25. The zero-order chi connectivity index (χ0) is 7.84. The smallest absolute Gasteiger partial charge is 0.147 e. The van der Waals surface area contributed by atoms with Crippen molar-refractivity contribution in [1.82, 2.24) is 10.4 Å². The van der Waals surface area contributed by atoms with E-state index in [0.717, 1.165) is 5.82 Å². The van der Waals surface area contributed by atoms with E-state index in [9.17, 15) is 0 Å². The predicted octanol–water partition coefficient (Wildman–Crippen LogP) is 1.02. The molecule has 0 aliphatic carbocycles. The molecule has 0 aromatic carbocycles. The van der Waals surface area contributed by atoms with Gasteiger partial charge in [0.1, 0.15) is 5.82 Å². The molecule has 2 aliphatic heterocycles. The van der Waals surface area contributed by atoms with Gasteiger partial charge in [0.2, 0.25) is 0 Å². The van der Waals surface area contributed by atoms with Crippen LogP contribution in [0.5, 0.6) is 0 Å². The molecule has 0 spiro atoms. The van der Waals surface area contributed by atoms with Crippen molar-refractivity contribution in [2.24, 2.45) is 4.99 Å². The lowest BCUT2D eigenvalue weighted by atomic mass is 10.2. The van der Waals surface area contributed by atoms with Crippen LogP contribution in [0.15, 0.2) is 28.7 Å². The van der Waals surface area contributed by atoms with Gasteiger partial charge >= 0.3 is 0 Å². The number of rotatable bonds is 0. The molecule has 11 heavy (non-hydrogen) atoms. The van der Waals surface area contributed by atoms with Crippen molar-refractivity contribution in [3.8, 4) is 0 Å². The van der Waals surface area contributed by atoms with Gasteiger partial charge in [-0.05, 0) is 25.5 Å². The lowest BCUT2D eigenvalue weighted by molar-refractivity contribution is 0.349. The van der Waals surface area contributed by atoms with Gasteiger partial charge in [0.15, 0.2) is 0 Å². The third-order valence-corrected chi connectivity index (χ3v) is 2.08. The molecule has 2 rings (SSSR count). The summed E-state index contributed by atoms with van der Waals surface area (Å²) < 4.78 is 0. The average Bonchev–Trinajstić information content (AvgIpc) is 2.30. The Bertz CT molecular complexity index is 263. The first-order valence-corrected chi connectivity index (χ1v) is 3.76. The Morgan fingerprint density at radius 2 is 2.45 bits per heavy atom. The number of aliphatic imine (C=N–C) groups is 1. The lowest BCUT2D eigenvalue weighted by Crippen LogP contribution is -2.32. The first kappa shape index (κ1) is 6.61. The number of nitrogens with one attached hydrogen (secondary N) is 1. The van der Waals surface area contributed by atoms with Crippen LogP contribution in [-0.4, -0.2) is 17.3 Å². The highest BCUT2D eigenvalue weighted by molar-refractivity contribution is 5.73. The minimum atomic E-state index is 0.407. The molecule has 1 N–H and O–H groups in total. The quantitative estimate of drug-likeness (QED) is 0.557. The number of hydrogen-bond acceptors (Lipinski definition) is 3. The fraction of sp³-hybridized carbons (Fsp3) is 0.375. The molecule has 0 aromatic heterocycles. The Balaban J connectivity index is 2.39. The SMILES string of the molecule is CC1=C2N=CC=CN2NC1C. The second-order valence-corrected chi connectivity index (χ2v) is 2.85. The minimum Gasteiger partial charge on any atom is -0.266 e. The molecule has 0 saturated heterocycles. The van der Waals surface area contributed by atoms with E-state index in [1.807, 2.05) is 23.5 Å². The zero-order valence-electron chi connectivity index (χ0n) is 6.70. The highest BCUT2D eigenvalue weighted by Crippen LogP contribution is 2.22. The lowest BCUT2D eigenvalue weighted by Gasteiger charge is -2.17. The Kier molecular flexibility index (Phi) is 1.32. The Labute approximate surface area is 66.1 Å². The van der Waals surface area contributed by atoms with Gasteiger partial charge in [-0.2, -0.15) is 0 Å². The summed E-state index contributed by atoms with van der Waals surface area (Å²) in [6, 6.07) is 0.407. The maximum absolute atomic E-state index is 4.25. The second kappa shape index (κ2) is 2.20. The topological polar surface area (TPSA) is 27.6 Å². The molecule has 3 heteroatoms. The molecule has 0 amide bonds. The fourth-order valence-corrected chi connectivity index (χ4v) is 1.27. The van der Waals surface area contributed by atoms with E-state index in [-0.39, 0.29) is 0 Å². The van der Waals surface area contributed by atoms with Crippen LogP contribution in [0, 0.1) is 0 Å². The molecule has 0 bridgehead atoms. The molecule has 0 aromatic rings. The largest absolute Gasteiger partial charge is 0.266 e. The Morgan fingerprint density at radius 1 is 1.64 bits per heavy atom. The molecule has 1 unspecified atom stereocenters. The summed E-state index contributed by atoms with van der Waals surface area (Å²) in [6.07, 6.45) is 5.71. The van der Waals surface area contributed by atoms with Crippen molar-refractivity contribution >= 4 is 6.21 Å². The van der Waals surface area contributed by atoms with Crippen LogP contribution in [0.1, 0.15) is 13.8 Å². The summed E-state index contributed by atoms with van der Waals surface area (Å²) in [4.78, 5) is 4.25. The van der Waals surface area contributed by atoms with Gasteiger partial charge in [0, 0.05) is 18.5 Å². The van der Waals surface area contributed by atoms with Crippen molar-refractivity contribution < 1.29 is 0 Å². The molecule has 3 nitrogen and oxygen atoms in total. The van der Waals surface area contributed by atoms with Gasteiger partial charge in [0.05, 0.1) is 0 Å². The molecular formula is C8H11N3. The maximum Gasteiger partial charge on any atom is 0.147 e. The van der Waals surface area contributed by atoms with Crippen molar-refractivity contribution in [2.75, 3.05) is 0 Å². The monoisotopic (exact) mass is 149 g/mol. The third kappa shape index (κ3) is 0.886. The summed E-state index contributed by atoms with van der Waals surface area (Å²) >= 11 is 0. The highest BCUT2D eigenvalue weighted by Gasteiger charge is 2.23. The van der Waals surface area contributed by atoms with E-state index < -0.39 is 0 Å². The van der Waals surface area contributed by atoms with Crippen molar-refractivity contribution in [3.05, 3.63) is 23.7 Å². The van der Waals surface area contributed by atoms with Crippen molar-refractivity contribution in [3.63, 3.8) is 0 Å². The summed E-state index contributed by atoms with van der Waals surface area (Å²) in [5, 5.41) is 1.96. The van der Waals surface area contributed by atoms with Gasteiger partial charge in [-0.3, -0.25) is 5.01 Å². The number of hydrogen-bond donors (Lipinski definition) is 1. The number of allylic oxidation sites excluding steroid dienone is 1. The van der Waals surface area contributed by atoms with E-state index in [0.29, 0.717) is 6.04 Å². The second-order valence-electron chi connectivity index (χ2n) is 2.85. The van der Waals surface area contributed by atoms with Crippen LogP contribution in [0.2, 0.25) is 0 Å². The van der Waals surface area contributed by atoms with Crippen LogP contribution in [0.3, 0.4) is 0 Å². The molecule has 2 aliphatic rings. The van der Waals surface area contributed by atoms with Crippen LogP contribution in [0.4, 0.5) is 0 Å². The number of fused-ring (bicyclic) bond motifs is 1. The predicted molar refractivity (Wildman–Crippen MR) is 44.8 cm³/mol. The van der Waals surface area contributed by atoms with Crippen LogP contribution in [0.25, 0.3) is 0 Å². The first-order valence-electron chi connectivity index (χ1n) is 3.76. The summed E-state index contributed by atoms with van der Waals surface area (Å²) in [7, 11) is 0. The molecule has 58 valence electrons. The number of nitrogens with zero attached hydrogens (tertiary/aromatic N) is 2. The van der Waals surface area contributed by atoms with Crippen molar-refractivity contribution in [2.45, 2.75) is 19.9 Å². The number of hydrazine groups is 1. The molecule has 2 heterocycles. The van der Waals surface area contributed by atoms with E-state index in [4.69, 9.17) is 0 Å². The van der Waals surface area contributed by atoms with Crippen molar-refractivity contribution in [1.29, 1.82) is 0 Å². The highest BCUT2D eigenvalue weighted by atomic mass is 15.6. The standard InChI is InChI=1S/C8H11N3/c1-6-7(2)10-11-5-3-4-9-8(6)11/h3-5,7,10H,1-2H3. The van der Waals surface area contributed by atoms with Gasteiger partial charge < -0.3 is 0 Å². The van der Waals surface area contributed by atoms with E-state index in [2.05, 4.69) is 24.3 Å². The normalized spacial score (nSPS) is 28.2. The van der Waals surface area contributed by atoms with Crippen LogP contribution in [-0.2, 0) is 0 Å². The van der Waals surface area contributed by atoms with E-state index in [1.165, 1.54) is 5.57 Å². The van der Waals surface area contributed by atoms with Gasteiger partial charge in [-0.15, -0.1) is 0 Å². The summed E-state index contributed by atoms with van der Waals surface area (Å²) in [5.41, 5.74) is 4.56. The van der Waals surface area contributed by atoms with Gasteiger partial charge in [-0.1, -0.05) is 0 Å². The molecule has 0 saturated carbocycles. The summed E-state index contributed by atoms with van der Waals surface area (Å²) in [6.45, 7) is 4.23. The Morgan fingerprint density at radius 3 is 3.18 bits per heavy atom. The van der Waals surface area contributed by atoms with Crippen LogP contribution < -0.4 is 5.43 Å². The van der Waals surface area contributed by atoms with Crippen LogP contribution >= 0.6 is 0 Å². The third-order valence-electron chi connectivity index (χ3n) is 2.08. The molecule has 0 radical (unpaired) electrons.